The SMILES string of the molecule is Cc1c(F)ccc2nc([C@@H]3C[C@H](O)CN3c3ncnc(N)c3C#N)n(-c3ccccc3)c(=O)c12. The maximum absolute atomic E-state index is 14.3. The van der Waals surface area contributed by atoms with Crippen LogP contribution in [-0.2, 0) is 0 Å². The van der Waals surface area contributed by atoms with Crippen molar-refractivity contribution in [1.82, 2.24) is 19.5 Å². The Hall–Kier alpha value is -4.36. The van der Waals surface area contributed by atoms with Crippen LogP contribution in [0.1, 0.15) is 29.4 Å². The Kier molecular flexibility index (Phi) is 5.18. The fourth-order valence-electron chi connectivity index (χ4n) is 4.48. The average Bonchev–Trinajstić information content (AvgIpc) is 3.22. The molecule has 1 aliphatic rings. The Morgan fingerprint density at radius 3 is 2.71 bits per heavy atom. The van der Waals surface area contributed by atoms with E-state index in [0.717, 1.165) is 0 Å². The van der Waals surface area contributed by atoms with E-state index in [0.29, 0.717) is 17.0 Å². The Morgan fingerprint density at radius 1 is 1.21 bits per heavy atom. The first-order valence-electron chi connectivity index (χ1n) is 10.6. The van der Waals surface area contributed by atoms with Crippen molar-refractivity contribution in [3.8, 4) is 11.8 Å². The van der Waals surface area contributed by atoms with Gasteiger partial charge in [-0.15, -0.1) is 0 Å². The molecule has 1 aliphatic heterocycles. The van der Waals surface area contributed by atoms with Crippen LogP contribution in [-0.4, -0.2) is 37.3 Å². The molecule has 0 bridgehead atoms. The van der Waals surface area contributed by atoms with Crippen LogP contribution in [0.25, 0.3) is 16.6 Å². The number of para-hydroxylation sites is 1. The van der Waals surface area contributed by atoms with Crippen LogP contribution in [0.5, 0.6) is 0 Å². The molecular formula is C24H20FN7O2. The highest BCUT2D eigenvalue weighted by molar-refractivity contribution is 5.82. The number of nitriles is 1. The number of rotatable bonds is 3. The van der Waals surface area contributed by atoms with Crippen molar-refractivity contribution in [2.45, 2.75) is 25.5 Å². The van der Waals surface area contributed by atoms with Gasteiger partial charge >= 0.3 is 0 Å². The molecule has 0 aliphatic carbocycles. The van der Waals surface area contributed by atoms with Gasteiger partial charge in [0.25, 0.3) is 5.56 Å². The third-order valence-electron chi connectivity index (χ3n) is 6.09. The van der Waals surface area contributed by atoms with E-state index in [2.05, 4.69) is 9.97 Å². The van der Waals surface area contributed by atoms with E-state index in [9.17, 15) is 19.6 Å². The van der Waals surface area contributed by atoms with Crippen LogP contribution < -0.4 is 16.2 Å². The predicted octanol–water partition coefficient (Wildman–Crippen LogP) is 2.39. The maximum atomic E-state index is 14.3. The van der Waals surface area contributed by atoms with E-state index in [1.807, 2.05) is 12.1 Å². The zero-order valence-corrected chi connectivity index (χ0v) is 18.2. The van der Waals surface area contributed by atoms with Gasteiger partial charge in [0.1, 0.15) is 35.4 Å². The van der Waals surface area contributed by atoms with Crippen LogP contribution in [0.15, 0.2) is 53.6 Å². The second kappa shape index (κ2) is 8.20. The topological polar surface area (TPSA) is 134 Å². The number of nitrogens with zero attached hydrogens (tertiary/aromatic N) is 6. The minimum absolute atomic E-state index is 0.0191. The smallest absolute Gasteiger partial charge is 0.266 e. The van der Waals surface area contributed by atoms with Crippen molar-refractivity contribution in [2.24, 2.45) is 0 Å². The number of aliphatic hydroxyl groups excluding tert-OH is 1. The normalized spacial score (nSPS) is 17.8. The van der Waals surface area contributed by atoms with Gasteiger partial charge in [-0.3, -0.25) is 9.36 Å². The molecule has 170 valence electrons. The number of aromatic nitrogens is 4. The van der Waals surface area contributed by atoms with Crippen LogP contribution in [0, 0.1) is 24.1 Å². The minimum Gasteiger partial charge on any atom is -0.391 e. The lowest BCUT2D eigenvalue weighted by Crippen LogP contribution is -2.33. The minimum atomic E-state index is -0.764. The summed E-state index contributed by atoms with van der Waals surface area (Å²) in [7, 11) is 0. The third-order valence-corrected chi connectivity index (χ3v) is 6.09. The molecule has 2 atom stereocenters. The number of fused-ring (bicyclic) bond motifs is 1. The van der Waals surface area contributed by atoms with Crippen molar-refractivity contribution < 1.29 is 9.50 Å². The third kappa shape index (κ3) is 3.34. The summed E-state index contributed by atoms with van der Waals surface area (Å²) in [5.41, 5.74) is 6.65. The highest BCUT2D eigenvalue weighted by atomic mass is 19.1. The van der Waals surface area contributed by atoms with Crippen LogP contribution >= 0.6 is 0 Å². The number of aryl methyl sites for hydroxylation is 1. The highest BCUT2D eigenvalue weighted by Gasteiger charge is 2.38. The van der Waals surface area contributed by atoms with Gasteiger partial charge in [-0.25, -0.2) is 19.3 Å². The molecule has 2 aromatic carbocycles. The molecule has 4 aromatic rings. The zero-order chi connectivity index (χ0) is 24.0. The number of nitrogens with two attached hydrogens (primary N) is 1. The number of anilines is 2. The Morgan fingerprint density at radius 2 is 1.97 bits per heavy atom. The Balaban J connectivity index is 1.81. The molecule has 2 aromatic heterocycles. The van der Waals surface area contributed by atoms with E-state index < -0.39 is 23.5 Å². The van der Waals surface area contributed by atoms with Gasteiger partial charge in [0.15, 0.2) is 5.82 Å². The summed E-state index contributed by atoms with van der Waals surface area (Å²) in [5.74, 6) is 0.116. The van der Waals surface area contributed by atoms with E-state index >= 15 is 0 Å². The largest absolute Gasteiger partial charge is 0.391 e. The van der Waals surface area contributed by atoms with Crippen molar-refractivity contribution in [1.29, 1.82) is 5.26 Å². The van der Waals surface area contributed by atoms with Crippen LogP contribution in [0.3, 0.4) is 0 Å². The van der Waals surface area contributed by atoms with Gasteiger partial charge in [0.2, 0.25) is 0 Å². The molecule has 0 spiro atoms. The summed E-state index contributed by atoms with van der Waals surface area (Å²) >= 11 is 0. The maximum Gasteiger partial charge on any atom is 0.266 e. The van der Waals surface area contributed by atoms with Gasteiger partial charge in [-0.1, -0.05) is 18.2 Å². The van der Waals surface area contributed by atoms with Crippen LogP contribution in [0.4, 0.5) is 16.0 Å². The molecule has 5 rings (SSSR count). The molecule has 3 N–H and O–H groups in total. The Labute approximate surface area is 193 Å². The second-order valence-electron chi connectivity index (χ2n) is 8.14. The molecule has 3 heterocycles. The van der Waals surface area contributed by atoms with E-state index in [1.54, 1.807) is 36.1 Å². The molecule has 0 unspecified atom stereocenters. The molecule has 0 saturated carbocycles. The molecule has 0 amide bonds. The second-order valence-corrected chi connectivity index (χ2v) is 8.14. The first kappa shape index (κ1) is 21.5. The van der Waals surface area contributed by atoms with E-state index in [-0.39, 0.29) is 41.1 Å². The standard InChI is InChI=1S/C24H20FN7O2/c1-13-17(25)7-8-18-20(13)24(34)32(14-5-3-2-4-6-14)23(30-18)19-9-15(33)11-31(19)22-16(10-26)21(27)28-12-29-22/h2-8,12,15,19,33H,9,11H2,1H3,(H2,27,28,29)/t15-,19-/m0/s1. The Bertz CT molecular complexity index is 1510. The zero-order valence-electron chi connectivity index (χ0n) is 18.2. The molecule has 0 radical (unpaired) electrons. The number of halogens is 1. The van der Waals surface area contributed by atoms with E-state index in [1.165, 1.54) is 23.0 Å². The van der Waals surface area contributed by atoms with Gasteiger partial charge in [-0.2, -0.15) is 5.26 Å². The van der Waals surface area contributed by atoms with Crippen LogP contribution in [0.2, 0.25) is 0 Å². The molecular weight excluding hydrogens is 437 g/mol. The molecule has 10 heteroatoms. The number of aliphatic hydroxyl groups is 1. The summed E-state index contributed by atoms with van der Waals surface area (Å²) in [4.78, 5) is 28.4. The summed E-state index contributed by atoms with van der Waals surface area (Å²) in [6, 6.07) is 13.1. The number of nitrogen functional groups attached to an aromatic ring is 1. The van der Waals surface area contributed by atoms with Gasteiger partial charge in [0.05, 0.1) is 28.7 Å². The summed E-state index contributed by atoms with van der Waals surface area (Å²) < 4.78 is 15.8. The van der Waals surface area contributed by atoms with Crippen molar-refractivity contribution in [3.63, 3.8) is 0 Å². The molecule has 1 saturated heterocycles. The summed E-state index contributed by atoms with van der Waals surface area (Å²) in [6.45, 7) is 1.70. The monoisotopic (exact) mass is 457 g/mol. The van der Waals surface area contributed by atoms with Crippen molar-refractivity contribution in [2.75, 3.05) is 17.2 Å². The summed E-state index contributed by atoms with van der Waals surface area (Å²) in [5, 5.41) is 20.4. The first-order valence-corrected chi connectivity index (χ1v) is 10.6. The van der Waals surface area contributed by atoms with Gasteiger partial charge < -0.3 is 15.7 Å². The lowest BCUT2D eigenvalue weighted by Gasteiger charge is -2.28. The van der Waals surface area contributed by atoms with E-state index in [4.69, 9.17) is 10.7 Å². The first-order chi connectivity index (χ1) is 16.4. The predicted molar refractivity (Wildman–Crippen MR) is 124 cm³/mol. The number of hydrogen-bond acceptors (Lipinski definition) is 8. The lowest BCUT2D eigenvalue weighted by atomic mass is 10.1. The lowest BCUT2D eigenvalue weighted by molar-refractivity contribution is 0.193. The highest BCUT2D eigenvalue weighted by Crippen LogP contribution is 2.37. The molecule has 9 nitrogen and oxygen atoms in total. The number of benzene rings is 2. The summed E-state index contributed by atoms with van der Waals surface area (Å²) in [6.07, 6.45) is 0.719. The number of β-amino-alcohol motifs (C(OH)–C–C–N with tert-alkyl or cyclic N) is 1. The van der Waals surface area contributed by atoms with Crippen molar-refractivity contribution >= 4 is 22.5 Å². The fourth-order valence-corrected chi connectivity index (χ4v) is 4.48. The van der Waals surface area contributed by atoms with Gasteiger partial charge in [-0.05, 0) is 36.8 Å². The van der Waals surface area contributed by atoms with Gasteiger partial charge in [0, 0.05) is 13.0 Å². The van der Waals surface area contributed by atoms with Crippen molar-refractivity contribution in [3.05, 3.63) is 81.9 Å². The molecule has 34 heavy (non-hydrogen) atoms. The molecule has 1 fully saturated rings. The fraction of sp³-hybridized carbons (Fsp3) is 0.208. The average molecular weight is 457 g/mol. The quantitative estimate of drug-likeness (QED) is 0.479. The number of hydrogen-bond donors (Lipinski definition) is 2.